The lowest BCUT2D eigenvalue weighted by molar-refractivity contribution is -0.141. The van der Waals surface area contributed by atoms with Crippen LogP contribution in [0.15, 0.2) is 4.58 Å². The number of carbonyl (C=O) groups excluding carboxylic acids is 1. The van der Waals surface area contributed by atoms with Crippen molar-refractivity contribution in [3.63, 3.8) is 0 Å². The summed E-state index contributed by atoms with van der Waals surface area (Å²) in [4.78, 5) is 30.7. The molecule has 0 fully saturated rings. The van der Waals surface area contributed by atoms with Crippen molar-refractivity contribution in [2.45, 2.75) is 19.4 Å². The van der Waals surface area contributed by atoms with Crippen LogP contribution in [0.2, 0.25) is 0 Å². The second-order valence-electron chi connectivity index (χ2n) is 2.29. The van der Waals surface area contributed by atoms with Gasteiger partial charge in [-0.1, -0.05) is 0 Å². The van der Waals surface area contributed by atoms with Crippen LogP contribution in [-0.2, 0) is 9.59 Å². The van der Waals surface area contributed by atoms with Crippen molar-refractivity contribution >= 4 is 23.8 Å². The van der Waals surface area contributed by atoms with E-state index in [1.807, 2.05) is 0 Å². The molecule has 0 aromatic heterocycles. The van der Waals surface area contributed by atoms with E-state index < -0.39 is 17.9 Å². The van der Waals surface area contributed by atoms with Crippen LogP contribution in [0.1, 0.15) is 13.3 Å². The van der Waals surface area contributed by atoms with E-state index in [9.17, 15) is 14.5 Å². The predicted molar refractivity (Wildman–Crippen MR) is 48.1 cm³/mol. The highest BCUT2D eigenvalue weighted by Crippen LogP contribution is 2.05. The maximum absolute atomic E-state index is 10.5. The van der Waals surface area contributed by atoms with Crippen LogP contribution in [0.3, 0.4) is 0 Å². The SMILES string of the molecule is CC(=O)NC(CCSN=O)C(=O)O. The van der Waals surface area contributed by atoms with Crippen molar-refractivity contribution in [2.75, 3.05) is 5.75 Å². The van der Waals surface area contributed by atoms with Crippen LogP contribution in [0.4, 0.5) is 0 Å². The Hall–Kier alpha value is -1.11. The van der Waals surface area contributed by atoms with Crippen molar-refractivity contribution in [1.29, 1.82) is 0 Å². The van der Waals surface area contributed by atoms with E-state index in [-0.39, 0.29) is 12.2 Å². The topological polar surface area (TPSA) is 95.8 Å². The summed E-state index contributed by atoms with van der Waals surface area (Å²) in [7, 11) is 0. The summed E-state index contributed by atoms with van der Waals surface area (Å²) < 4.78 is 2.51. The van der Waals surface area contributed by atoms with Crippen LogP contribution in [0.25, 0.3) is 0 Å². The van der Waals surface area contributed by atoms with Crippen LogP contribution < -0.4 is 5.32 Å². The van der Waals surface area contributed by atoms with Crippen LogP contribution >= 0.6 is 11.9 Å². The Kier molecular flexibility index (Phi) is 5.86. The number of nitrogens with one attached hydrogen (secondary N) is 1. The molecule has 1 unspecified atom stereocenters. The number of amides is 1. The van der Waals surface area contributed by atoms with E-state index in [0.29, 0.717) is 0 Å². The first kappa shape index (κ1) is 11.9. The maximum Gasteiger partial charge on any atom is 0.326 e. The minimum atomic E-state index is -1.11. The molecule has 0 aliphatic rings. The summed E-state index contributed by atoms with van der Waals surface area (Å²) in [5.74, 6) is -1.24. The van der Waals surface area contributed by atoms with Gasteiger partial charge in [0.05, 0.1) is 0 Å². The van der Waals surface area contributed by atoms with Gasteiger partial charge in [-0.15, -0.1) is 4.91 Å². The van der Waals surface area contributed by atoms with E-state index in [1.54, 1.807) is 0 Å². The molecule has 6 nitrogen and oxygen atoms in total. The van der Waals surface area contributed by atoms with Crippen LogP contribution in [0, 0.1) is 4.91 Å². The second kappa shape index (κ2) is 6.41. The lowest BCUT2D eigenvalue weighted by Crippen LogP contribution is -2.39. The molecule has 7 heteroatoms. The van der Waals surface area contributed by atoms with Gasteiger partial charge in [-0.3, -0.25) is 4.79 Å². The number of rotatable bonds is 6. The van der Waals surface area contributed by atoms with Crippen molar-refractivity contribution in [2.24, 2.45) is 4.58 Å². The minimum absolute atomic E-state index is 0.186. The number of aliphatic carboxylic acids is 1. The molecule has 1 amide bonds. The molecule has 0 aromatic carbocycles. The molecule has 0 saturated carbocycles. The summed E-state index contributed by atoms with van der Waals surface area (Å²) in [6.45, 7) is 1.24. The van der Waals surface area contributed by atoms with Gasteiger partial charge in [0, 0.05) is 29.2 Å². The fourth-order valence-corrected chi connectivity index (χ4v) is 1.13. The van der Waals surface area contributed by atoms with Gasteiger partial charge in [0.25, 0.3) is 0 Å². The average molecular weight is 206 g/mol. The lowest BCUT2D eigenvalue weighted by Gasteiger charge is -2.10. The highest BCUT2D eigenvalue weighted by Gasteiger charge is 2.17. The van der Waals surface area contributed by atoms with Crippen LogP contribution in [-0.4, -0.2) is 28.8 Å². The number of hydrogen-bond acceptors (Lipinski definition) is 5. The summed E-state index contributed by atoms with van der Waals surface area (Å²) in [5, 5.41) is 10.8. The van der Waals surface area contributed by atoms with Gasteiger partial charge in [-0.2, -0.15) is 0 Å². The molecule has 0 rings (SSSR count). The molecule has 0 aliphatic carbocycles. The maximum atomic E-state index is 10.5. The van der Waals surface area contributed by atoms with E-state index in [4.69, 9.17) is 5.11 Å². The normalized spacial score (nSPS) is 11.8. The Labute approximate surface area is 79.2 Å². The summed E-state index contributed by atoms with van der Waals surface area (Å²) in [6.07, 6.45) is 0.186. The summed E-state index contributed by atoms with van der Waals surface area (Å²) in [5.41, 5.74) is 0. The van der Waals surface area contributed by atoms with E-state index in [0.717, 1.165) is 11.9 Å². The zero-order chi connectivity index (χ0) is 10.3. The molecule has 0 saturated heterocycles. The average Bonchev–Trinajstić information content (AvgIpc) is 2.02. The van der Waals surface area contributed by atoms with Crippen molar-refractivity contribution in [3.8, 4) is 0 Å². The quantitative estimate of drug-likeness (QED) is 0.372. The molecular weight excluding hydrogens is 196 g/mol. The third-order valence-electron chi connectivity index (χ3n) is 1.23. The lowest BCUT2D eigenvalue weighted by atomic mass is 10.2. The van der Waals surface area contributed by atoms with Gasteiger partial charge in [0.2, 0.25) is 5.91 Å². The summed E-state index contributed by atoms with van der Waals surface area (Å²) in [6, 6.07) is -0.938. The molecular formula is C6H10N2O4S. The largest absolute Gasteiger partial charge is 0.480 e. The first-order valence-corrected chi connectivity index (χ1v) is 4.46. The third kappa shape index (κ3) is 6.09. The molecule has 0 radical (unpaired) electrons. The third-order valence-corrected chi connectivity index (χ3v) is 1.75. The zero-order valence-corrected chi connectivity index (χ0v) is 7.84. The van der Waals surface area contributed by atoms with Crippen molar-refractivity contribution < 1.29 is 14.7 Å². The molecule has 1 atom stereocenters. The Balaban J connectivity index is 3.87. The van der Waals surface area contributed by atoms with Gasteiger partial charge in [0.15, 0.2) is 0 Å². The number of nitroso groups, excluding NO2 is 1. The fourth-order valence-electron chi connectivity index (χ4n) is 0.711. The monoisotopic (exact) mass is 206 g/mol. The molecule has 0 heterocycles. The number of hydrogen-bond donors (Lipinski definition) is 2. The molecule has 0 bridgehead atoms. The molecule has 74 valence electrons. The molecule has 0 aliphatic heterocycles. The standard InChI is InChI=1S/C6H10N2O4S/c1-4(9)7-5(6(10)11)2-3-13-8-12/h5H,2-3H2,1H3,(H,7,9)(H,10,11). The van der Waals surface area contributed by atoms with E-state index in [1.165, 1.54) is 6.92 Å². The van der Waals surface area contributed by atoms with Gasteiger partial charge in [-0.25, -0.2) is 4.79 Å². The highest BCUT2D eigenvalue weighted by molar-refractivity contribution is 7.97. The van der Waals surface area contributed by atoms with Crippen LogP contribution in [0.5, 0.6) is 0 Å². The number of carboxylic acids is 1. The smallest absolute Gasteiger partial charge is 0.326 e. The molecule has 13 heavy (non-hydrogen) atoms. The number of carboxylic acid groups (broad SMARTS) is 1. The van der Waals surface area contributed by atoms with Gasteiger partial charge >= 0.3 is 5.97 Å². The van der Waals surface area contributed by atoms with E-state index >= 15 is 0 Å². The van der Waals surface area contributed by atoms with Gasteiger partial charge in [-0.05, 0) is 6.42 Å². The van der Waals surface area contributed by atoms with Gasteiger partial charge < -0.3 is 10.4 Å². The Morgan fingerprint density at radius 3 is 2.62 bits per heavy atom. The second-order valence-corrected chi connectivity index (χ2v) is 3.10. The first-order chi connectivity index (χ1) is 6.07. The highest BCUT2D eigenvalue weighted by atomic mass is 32.2. The summed E-state index contributed by atoms with van der Waals surface area (Å²) >= 11 is 0.736. The minimum Gasteiger partial charge on any atom is -0.480 e. The predicted octanol–water partition coefficient (Wildman–Crippen LogP) is 0.380. The Morgan fingerprint density at radius 1 is 1.62 bits per heavy atom. The molecule has 0 spiro atoms. The van der Waals surface area contributed by atoms with E-state index in [2.05, 4.69) is 9.90 Å². The number of carbonyl (C=O) groups is 2. The Bertz CT molecular complexity index is 209. The Morgan fingerprint density at radius 2 is 2.23 bits per heavy atom. The van der Waals surface area contributed by atoms with Crippen molar-refractivity contribution in [1.82, 2.24) is 5.32 Å². The van der Waals surface area contributed by atoms with Gasteiger partial charge in [0.1, 0.15) is 6.04 Å². The number of nitrogens with zero attached hydrogens (tertiary/aromatic N) is 1. The first-order valence-electron chi connectivity index (χ1n) is 3.52. The molecule has 0 aromatic rings. The van der Waals surface area contributed by atoms with Crippen molar-refractivity contribution in [3.05, 3.63) is 4.91 Å². The zero-order valence-electron chi connectivity index (χ0n) is 7.02. The molecule has 2 N–H and O–H groups in total. The fraction of sp³-hybridized carbons (Fsp3) is 0.667.